The maximum atomic E-state index is 12.6. The Morgan fingerprint density at radius 2 is 1.79 bits per heavy atom. The van der Waals surface area contributed by atoms with Crippen LogP contribution in [0.25, 0.3) is 5.69 Å². The summed E-state index contributed by atoms with van der Waals surface area (Å²) >= 11 is 0. The SMILES string of the molecule is CCOc1ccc(CNC(=O)c2nn(-c3ccccc3)cc2OC)cc1OC. The lowest BCUT2D eigenvalue weighted by molar-refractivity contribution is 0.0942. The topological polar surface area (TPSA) is 74.6 Å². The third-order valence-corrected chi connectivity index (χ3v) is 4.12. The first kappa shape index (κ1) is 19.3. The Morgan fingerprint density at radius 1 is 1.04 bits per heavy atom. The van der Waals surface area contributed by atoms with Crippen LogP contribution in [0.15, 0.2) is 54.7 Å². The predicted octanol–water partition coefficient (Wildman–Crippen LogP) is 3.22. The molecule has 0 radical (unpaired) electrons. The van der Waals surface area contributed by atoms with Crippen LogP contribution in [0.5, 0.6) is 17.2 Å². The van der Waals surface area contributed by atoms with Crippen molar-refractivity contribution < 1.29 is 19.0 Å². The maximum Gasteiger partial charge on any atom is 0.275 e. The predicted molar refractivity (Wildman–Crippen MR) is 105 cm³/mol. The van der Waals surface area contributed by atoms with Gasteiger partial charge in [-0.25, -0.2) is 4.68 Å². The van der Waals surface area contributed by atoms with Crippen molar-refractivity contribution >= 4 is 5.91 Å². The van der Waals surface area contributed by atoms with Gasteiger partial charge in [-0.15, -0.1) is 0 Å². The Morgan fingerprint density at radius 3 is 2.46 bits per heavy atom. The van der Waals surface area contributed by atoms with E-state index >= 15 is 0 Å². The molecule has 1 amide bonds. The highest BCUT2D eigenvalue weighted by Gasteiger charge is 2.18. The minimum atomic E-state index is -0.320. The molecule has 0 saturated carbocycles. The van der Waals surface area contributed by atoms with E-state index < -0.39 is 0 Å². The van der Waals surface area contributed by atoms with Gasteiger partial charge in [0.1, 0.15) is 0 Å². The molecule has 28 heavy (non-hydrogen) atoms. The highest BCUT2D eigenvalue weighted by atomic mass is 16.5. The van der Waals surface area contributed by atoms with Crippen LogP contribution in [0.3, 0.4) is 0 Å². The summed E-state index contributed by atoms with van der Waals surface area (Å²) < 4.78 is 17.8. The van der Waals surface area contributed by atoms with E-state index in [9.17, 15) is 4.79 Å². The number of amides is 1. The molecule has 0 spiro atoms. The number of aromatic nitrogens is 2. The van der Waals surface area contributed by atoms with Crippen molar-refractivity contribution in [2.45, 2.75) is 13.5 Å². The van der Waals surface area contributed by atoms with E-state index in [-0.39, 0.29) is 11.6 Å². The molecule has 0 unspecified atom stereocenters. The molecule has 0 atom stereocenters. The van der Waals surface area contributed by atoms with Gasteiger partial charge < -0.3 is 19.5 Å². The molecule has 0 bridgehead atoms. The van der Waals surface area contributed by atoms with Gasteiger partial charge in [0, 0.05) is 6.54 Å². The van der Waals surface area contributed by atoms with Crippen LogP contribution < -0.4 is 19.5 Å². The van der Waals surface area contributed by atoms with Crippen LogP contribution in [-0.4, -0.2) is 36.5 Å². The zero-order valence-corrected chi connectivity index (χ0v) is 16.1. The summed E-state index contributed by atoms with van der Waals surface area (Å²) in [4.78, 5) is 12.6. The number of nitrogens with zero attached hydrogens (tertiary/aromatic N) is 2. The van der Waals surface area contributed by atoms with E-state index in [1.54, 1.807) is 18.0 Å². The zero-order valence-electron chi connectivity index (χ0n) is 16.1. The Kier molecular flexibility index (Phi) is 6.16. The number of nitrogens with one attached hydrogen (secondary N) is 1. The minimum Gasteiger partial charge on any atom is -0.493 e. The van der Waals surface area contributed by atoms with Gasteiger partial charge in [0.15, 0.2) is 22.9 Å². The minimum absolute atomic E-state index is 0.226. The van der Waals surface area contributed by atoms with Crippen LogP contribution in [0, 0.1) is 0 Å². The van der Waals surface area contributed by atoms with Gasteiger partial charge >= 0.3 is 0 Å². The molecule has 7 heteroatoms. The van der Waals surface area contributed by atoms with Gasteiger partial charge in [-0.05, 0) is 36.8 Å². The van der Waals surface area contributed by atoms with E-state index in [1.165, 1.54) is 7.11 Å². The Balaban J connectivity index is 1.74. The number of hydrogen-bond donors (Lipinski definition) is 1. The van der Waals surface area contributed by atoms with Crippen LogP contribution in [0.4, 0.5) is 0 Å². The molecule has 3 rings (SSSR count). The molecule has 7 nitrogen and oxygen atoms in total. The molecule has 2 aromatic carbocycles. The van der Waals surface area contributed by atoms with E-state index in [2.05, 4.69) is 10.4 Å². The molecule has 1 heterocycles. The van der Waals surface area contributed by atoms with Crippen molar-refractivity contribution in [3.05, 3.63) is 66.0 Å². The zero-order chi connectivity index (χ0) is 19.9. The first-order valence-corrected chi connectivity index (χ1v) is 8.93. The first-order chi connectivity index (χ1) is 13.7. The lowest BCUT2D eigenvalue weighted by atomic mass is 10.2. The van der Waals surface area contributed by atoms with Gasteiger partial charge in [-0.1, -0.05) is 24.3 Å². The van der Waals surface area contributed by atoms with Crippen molar-refractivity contribution in [1.82, 2.24) is 15.1 Å². The van der Waals surface area contributed by atoms with Crippen molar-refractivity contribution in [2.75, 3.05) is 20.8 Å². The molecule has 3 aromatic rings. The monoisotopic (exact) mass is 381 g/mol. The quantitative estimate of drug-likeness (QED) is 0.648. The highest BCUT2D eigenvalue weighted by molar-refractivity contribution is 5.94. The van der Waals surface area contributed by atoms with E-state index in [0.717, 1.165) is 11.3 Å². The van der Waals surface area contributed by atoms with Gasteiger partial charge in [-0.3, -0.25) is 4.79 Å². The smallest absolute Gasteiger partial charge is 0.275 e. The van der Waals surface area contributed by atoms with Gasteiger partial charge in [0.05, 0.1) is 32.7 Å². The lowest BCUT2D eigenvalue weighted by Gasteiger charge is -2.11. The van der Waals surface area contributed by atoms with Gasteiger partial charge in [0.2, 0.25) is 0 Å². The number of benzene rings is 2. The maximum absolute atomic E-state index is 12.6. The van der Waals surface area contributed by atoms with Gasteiger partial charge in [0.25, 0.3) is 5.91 Å². The summed E-state index contributed by atoms with van der Waals surface area (Å²) in [5, 5.41) is 7.24. The fourth-order valence-corrected chi connectivity index (χ4v) is 2.74. The van der Waals surface area contributed by atoms with Crippen LogP contribution in [0.2, 0.25) is 0 Å². The van der Waals surface area contributed by atoms with E-state index in [0.29, 0.717) is 30.4 Å². The third-order valence-electron chi connectivity index (χ3n) is 4.12. The average Bonchev–Trinajstić information content (AvgIpc) is 3.18. The molecular weight excluding hydrogens is 358 g/mol. The number of methoxy groups -OCH3 is 2. The Hall–Kier alpha value is -3.48. The fraction of sp³-hybridized carbons (Fsp3) is 0.238. The molecule has 0 saturated heterocycles. The molecule has 0 fully saturated rings. The standard InChI is InChI=1S/C21H23N3O4/c1-4-28-17-11-10-15(12-18(17)26-2)13-22-21(25)20-19(27-3)14-24(23-20)16-8-6-5-7-9-16/h5-12,14H,4,13H2,1-3H3,(H,22,25). The number of ether oxygens (including phenoxy) is 3. The second-order valence-corrected chi connectivity index (χ2v) is 5.93. The molecular formula is C21H23N3O4. The summed E-state index contributed by atoms with van der Waals surface area (Å²) in [6.07, 6.45) is 1.68. The van der Waals surface area contributed by atoms with Gasteiger partial charge in [-0.2, -0.15) is 5.10 Å². The number of para-hydroxylation sites is 1. The third kappa shape index (κ3) is 4.25. The number of carbonyl (C=O) groups excluding carboxylic acids is 1. The lowest BCUT2D eigenvalue weighted by Crippen LogP contribution is -2.24. The molecule has 146 valence electrons. The fourth-order valence-electron chi connectivity index (χ4n) is 2.74. The Bertz CT molecular complexity index is 938. The van der Waals surface area contributed by atoms with E-state index in [1.807, 2.05) is 55.5 Å². The number of hydrogen-bond acceptors (Lipinski definition) is 5. The molecule has 0 aliphatic carbocycles. The summed E-state index contributed by atoms with van der Waals surface area (Å²) in [7, 11) is 3.10. The highest BCUT2D eigenvalue weighted by Crippen LogP contribution is 2.28. The molecule has 0 aliphatic rings. The van der Waals surface area contributed by atoms with Crippen LogP contribution >= 0.6 is 0 Å². The van der Waals surface area contributed by atoms with Crippen LogP contribution in [-0.2, 0) is 6.54 Å². The number of carbonyl (C=O) groups is 1. The number of rotatable bonds is 8. The molecule has 1 aromatic heterocycles. The summed E-state index contributed by atoms with van der Waals surface area (Å²) in [6.45, 7) is 2.79. The normalized spacial score (nSPS) is 10.4. The van der Waals surface area contributed by atoms with E-state index in [4.69, 9.17) is 14.2 Å². The first-order valence-electron chi connectivity index (χ1n) is 8.93. The molecule has 0 aliphatic heterocycles. The van der Waals surface area contributed by atoms with Crippen molar-refractivity contribution in [2.24, 2.45) is 0 Å². The summed E-state index contributed by atoms with van der Waals surface area (Å²) in [5.74, 6) is 1.38. The van der Waals surface area contributed by atoms with Crippen molar-refractivity contribution in [3.8, 4) is 22.9 Å². The second kappa shape index (κ2) is 8.94. The van der Waals surface area contributed by atoms with Crippen LogP contribution in [0.1, 0.15) is 23.0 Å². The summed E-state index contributed by atoms with van der Waals surface area (Å²) in [6, 6.07) is 15.1. The second-order valence-electron chi connectivity index (χ2n) is 5.93. The Labute approximate surface area is 163 Å². The molecule has 1 N–H and O–H groups in total. The van der Waals surface area contributed by atoms with Crippen molar-refractivity contribution in [1.29, 1.82) is 0 Å². The summed E-state index contributed by atoms with van der Waals surface area (Å²) in [5.41, 5.74) is 1.95. The largest absolute Gasteiger partial charge is 0.493 e. The van der Waals surface area contributed by atoms with Crippen molar-refractivity contribution in [3.63, 3.8) is 0 Å². The average molecular weight is 381 g/mol.